The van der Waals surface area contributed by atoms with Crippen LogP contribution in [0.1, 0.15) is 53.9 Å². The van der Waals surface area contributed by atoms with Crippen LogP contribution in [0.3, 0.4) is 0 Å². The summed E-state index contributed by atoms with van der Waals surface area (Å²) in [6.07, 6.45) is 4.64. The van der Waals surface area contributed by atoms with Gasteiger partial charge < -0.3 is 4.74 Å². The van der Waals surface area contributed by atoms with E-state index in [1.807, 2.05) is 0 Å². The van der Waals surface area contributed by atoms with Crippen molar-refractivity contribution < 1.29 is 4.74 Å². The van der Waals surface area contributed by atoms with Gasteiger partial charge in [0.25, 0.3) is 0 Å². The summed E-state index contributed by atoms with van der Waals surface area (Å²) in [6.45, 7) is 12.7. The average Bonchev–Trinajstić information content (AvgIpc) is 2.46. The number of hydrogen-bond donors (Lipinski definition) is 0. The standard InChI is InChI=1S/C14H26O/c1-10(2)15-9-12-8-11-6-7-14(12,5)13(11,3)4/h10-12H,6-9H2,1-5H3. The molecule has 0 spiro atoms. The van der Waals surface area contributed by atoms with Crippen molar-refractivity contribution in [2.75, 3.05) is 6.61 Å². The lowest BCUT2D eigenvalue weighted by Crippen LogP contribution is -2.34. The Morgan fingerprint density at radius 2 is 1.93 bits per heavy atom. The van der Waals surface area contributed by atoms with E-state index in [1.54, 1.807) is 0 Å². The zero-order valence-corrected chi connectivity index (χ0v) is 11.0. The Kier molecular flexibility index (Phi) is 2.65. The molecule has 0 amide bonds. The second-order valence-corrected chi connectivity index (χ2v) is 6.69. The van der Waals surface area contributed by atoms with Crippen molar-refractivity contribution in [1.29, 1.82) is 0 Å². The van der Waals surface area contributed by atoms with Gasteiger partial charge in [0.15, 0.2) is 0 Å². The molecule has 1 nitrogen and oxygen atoms in total. The van der Waals surface area contributed by atoms with Crippen LogP contribution < -0.4 is 0 Å². The molecular weight excluding hydrogens is 184 g/mol. The van der Waals surface area contributed by atoms with Gasteiger partial charge in [0, 0.05) is 0 Å². The van der Waals surface area contributed by atoms with Crippen LogP contribution >= 0.6 is 0 Å². The average molecular weight is 210 g/mol. The van der Waals surface area contributed by atoms with Gasteiger partial charge in [-0.3, -0.25) is 0 Å². The highest BCUT2D eigenvalue weighted by Crippen LogP contribution is 2.68. The van der Waals surface area contributed by atoms with E-state index in [2.05, 4.69) is 34.6 Å². The third-order valence-corrected chi connectivity index (χ3v) is 5.61. The van der Waals surface area contributed by atoms with Gasteiger partial charge in [-0.15, -0.1) is 0 Å². The van der Waals surface area contributed by atoms with Crippen molar-refractivity contribution >= 4 is 0 Å². The molecule has 0 radical (unpaired) electrons. The monoisotopic (exact) mass is 210 g/mol. The molecule has 0 aromatic rings. The Bertz CT molecular complexity index is 244. The van der Waals surface area contributed by atoms with Crippen molar-refractivity contribution in [2.45, 2.75) is 60.0 Å². The van der Waals surface area contributed by atoms with Gasteiger partial charge in [0.05, 0.1) is 12.7 Å². The van der Waals surface area contributed by atoms with Gasteiger partial charge in [0.1, 0.15) is 0 Å². The zero-order valence-electron chi connectivity index (χ0n) is 11.0. The summed E-state index contributed by atoms with van der Waals surface area (Å²) >= 11 is 0. The molecule has 2 bridgehead atoms. The molecule has 3 atom stereocenters. The Labute approximate surface area is 94.6 Å². The van der Waals surface area contributed by atoms with Crippen molar-refractivity contribution in [3.05, 3.63) is 0 Å². The van der Waals surface area contributed by atoms with Crippen LogP contribution in [0.15, 0.2) is 0 Å². The first-order valence-electron chi connectivity index (χ1n) is 6.49. The molecule has 88 valence electrons. The van der Waals surface area contributed by atoms with Crippen molar-refractivity contribution in [3.63, 3.8) is 0 Å². The predicted octanol–water partition coefficient (Wildman–Crippen LogP) is 3.87. The highest BCUT2D eigenvalue weighted by atomic mass is 16.5. The molecule has 0 aromatic heterocycles. The van der Waals surface area contributed by atoms with Crippen molar-refractivity contribution in [1.82, 2.24) is 0 Å². The van der Waals surface area contributed by atoms with Gasteiger partial charge in [-0.2, -0.15) is 0 Å². The van der Waals surface area contributed by atoms with Crippen LogP contribution in [0.4, 0.5) is 0 Å². The van der Waals surface area contributed by atoms with Gasteiger partial charge in [-0.25, -0.2) is 0 Å². The fourth-order valence-electron chi connectivity index (χ4n) is 3.93. The Morgan fingerprint density at radius 1 is 1.27 bits per heavy atom. The minimum Gasteiger partial charge on any atom is -0.378 e. The van der Waals surface area contributed by atoms with Crippen LogP contribution in [0, 0.1) is 22.7 Å². The third kappa shape index (κ3) is 1.54. The lowest BCUT2D eigenvalue weighted by molar-refractivity contribution is -0.00306. The van der Waals surface area contributed by atoms with Gasteiger partial charge >= 0.3 is 0 Å². The van der Waals surface area contributed by atoms with Crippen molar-refractivity contribution in [2.24, 2.45) is 22.7 Å². The van der Waals surface area contributed by atoms with Crippen LogP contribution in [-0.2, 0) is 4.74 Å². The minimum atomic E-state index is 0.385. The second-order valence-electron chi connectivity index (χ2n) is 6.69. The van der Waals surface area contributed by atoms with Gasteiger partial charge in [0.2, 0.25) is 0 Å². The molecule has 0 saturated heterocycles. The van der Waals surface area contributed by atoms with Crippen LogP contribution in [-0.4, -0.2) is 12.7 Å². The topological polar surface area (TPSA) is 9.23 Å². The fourth-order valence-corrected chi connectivity index (χ4v) is 3.93. The van der Waals surface area contributed by atoms with Crippen LogP contribution in [0.2, 0.25) is 0 Å². The Hall–Kier alpha value is -0.0400. The van der Waals surface area contributed by atoms with E-state index in [1.165, 1.54) is 19.3 Å². The highest BCUT2D eigenvalue weighted by molar-refractivity contribution is 5.09. The van der Waals surface area contributed by atoms with E-state index in [0.29, 0.717) is 16.9 Å². The number of hydrogen-bond acceptors (Lipinski definition) is 1. The molecule has 1 heteroatoms. The second kappa shape index (κ2) is 3.48. The SMILES string of the molecule is CC(C)OCC1CC2CCC1(C)C2(C)C. The molecule has 2 saturated carbocycles. The van der Waals surface area contributed by atoms with E-state index in [9.17, 15) is 0 Å². The highest BCUT2D eigenvalue weighted by Gasteiger charge is 2.60. The molecule has 2 aliphatic rings. The lowest BCUT2D eigenvalue weighted by atomic mass is 9.67. The van der Waals surface area contributed by atoms with Crippen LogP contribution in [0.5, 0.6) is 0 Å². The van der Waals surface area contributed by atoms with Crippen molar-refractivity contribution in [3.8, 4) is 0 Å². The normalized spacial score (nSPS) is 42.8. The molecule has 2 rings (SSSR count). The molecule has 2 aliphatic carbocycles. The fraction of sp³-hybridized carbons (Fsp3) is 1.00. The first kappa shape index (κ1) is 11.4. The molecule has 2 fully saturated rings. The molecule has 0 N–H and O–H groups in total. The van der Waals surface area contributed by atoms with E-state index in [0.717, 1.165) is 18.4 Å². The summed E-state index contributed by atoms with van der Waals surface area (Å²) in [5, 5.41) is 0. The smallest absolute Gasteiger partial charge is 0.0519 e. The first-order chi connectivity index (χ1) is 6.88. The molecule has 15 heavy (non-hydrogen) atoms. The predicted molar refractivity (Wildman–Crippen MR) is 63.8 cm³/mol. The quantitative estimate of drug-likeness (QED) is 0.687. The Balaban J connectivity index is 2.06. The largest absolute Gasteiger partial charge is 0.378 e. The summed E-state index contributed by atoms with van der Waals surface area (Å²) in [4.78, 5) is 0. The maximum atomic E-state index is 5.84. The number of ether oxygens (including phenoxy) is 1. The van der Waals surface area contributed by atoms with E-state index < -0.39 is 0 Å². The summed E-state index contributed by atoms with van der Waals surface area (Å²) in [7, 11) is 0. The summed E-state index contributed by atoms with van der Waals surface area (Å²) in [6, 6.07) is 0. The van der Waals surface area contributed by atoms with E-state index >= 15 is 0 Å². The third-order valence-electron chi connectivity index (χ3n) is 5.61. The van der Waals surface area contributed by atoms with Gasteiger partial charge in [-0.1, -0.05) is 20.8 Å². The molecular formula is C14H26O. The molecule has 0 aliphatic heterocycles. The maximum absolute atomic E-state index is 5.84. The molecule has 3 unspecified atom stereocenters. The van der Waals surface area contributed by atoms with E-state index in [-0.39, 0.29) is 0 Å². The molecule has 0 aromatic carbocycles. The van der Waals surface area contributed by atoms with E-state index in [4.69, 9.17) is 4.74 Å². The first-order valence-corrected chi connectivity index (χ1v) is 6.49. The number of fused-ring (bicyclic) bond motifs is 2. The van der Waals surface area contributed by atoms with Gasteiger partial charge in [-0.05, 0) is 55.8 Å². The summed E-state index contributed by atoms with van der Waals surface area (Å²) in [5.41, 5.74) is 1.07. The minimum absolute atomic E-state index is 0.385. The zero-order chi connectivity index (χ0) is 11.3. The lowest BCUT2D eigenvalue weighted by Gasteiger charge is -2.39. The summed E-state index contributed by atoms with van der Waals surface area (Å²) < 4.78 is 5.84. The summed E-state index contributed by atoms with van der Waals surface area (Å²) in [5.74, 6) is 1.75. The molecule has 0 heterocycles. The van der Waals surface area contributed by atoms with Crippen LogP contribution in [0.25, 0.3) is 0 Å². The maximum Gasteiger partial charge on any atom is 0.0519 e. The Morgan fingerprint density at radius 3 is 2.33 bits per heavy atom. The number of rotatable bonds is 3.